The van der Waals surface area contributed by atoms with Crippen LogP contribution in [0.5, 0.6) is 0 Å². The van der Waals surface area contributed by atoms with Gasteiger partial charge in [-0.15, -0.1) is 6.42 Å². The van der Waals surface area contributed by atoms with Gasteiger partial charge in [-0.2, -0.15) is 0 Å². The summed E-state index contributed by atoms with van der Waals surface area (Å²) in [5.74, 6) is 2.02. The average Bonchev–Trinajstić information content (AvgIpc) is 2.39. The molecule has 0 aromatic heterocycles. The molecule has 1 amide bonds. The molecular weight excluding hydrogens is 243 g/mol. The Hall–Kier alpha value is -1.86. The van der Waals surface area contributed by atoms with Crippen LogP contribution >= 0.6 is 0 Å². The predicted octanol–water partition coefficient (Wildman–Crippen LogP) is 1.67. The molecular formula is C15H19FN2O. The van der Waals surface area contributed by atoms with Crippen LogP contribution in [0.1, 0.15) is 23.6 Å². The van der Waals surface area contributed by atoms with Crippen LogP contribution in [0.15, 0.2) is 12.1 Å². The molecule has 0 bridgehead atoms. The molecule has 0 spiro atoms. The fraction of sp³-hybridized carbons (Fsp3) is 0.400. The summed E-state index contributed by atoms with van der Waals surface area (Å²) in [7, 11) is 0. The minimum atomic E-state index is -0.348. The molecule has 0 fully saturated rings. The SMILES string of the molecule is C#CCNC(=O)C(C)NCc1cc(C)c(F)c(C)c1. The number of amides is 1. The van der Waals surface area contributed by atoms with Gasteiger partial charge >= 0.3 is 0 Å². The molecule has 1 aromatic rings. The first-order valence-electron chi connectivity index (χ1n) is 6.16. The van der Waals surface area contributed by atoms with E-state index in [2.05, 4.69) is 16.6 Å². The van der Waals surface area contributed by atoms with E-state index in [4.69, 9.17) is 6.42 Å². The third-order valence-corrected chi connectivity index (χ3v) is 2.87. The lowest BCUT2D eigenvalue weighted by Crippen LogP contribution is -2.41. The molecule has 0 aliphatic carbocycles. The summed E-state index contributed by atoms with van der Waals surface area (Å²) in [4.78, 5) is 11.6. The molecule has 0 heterocycles. The Morgan fingerprint density at radius 3 is 2.53 bits per heavy atom. The van der Waals surface area contributed by atoms with Crippen LogP contribution < -0.4 is 10.6 Å². The molecule has 0 aliphatic heterocycles. The van der Waals surface area contributed by atoms with Crippen molar-refractivity contribution in [2.45, 2.75) is 33.4 Å². The van der Waals surface area contributed by atoms with Crippen LogP contribution in [0.2, 0.25) is 0 Å². The van der Waals surface area contributed by atoms with E-state index in [1.807, 2.05) is 0 Å². The van der Waals surface area contributed by atoms with Gasteiger partial charge in [-0.05, 0) is 37.5 Å². The first-order valence-corrected chi connectivity index (χ1v) is 6.16. The Bertz CT molecular complexity index is 482. The topological polar surface area (TPSA) is 41.1 Å². The number of halogens is 1. The average molecular weight is 262 g/mol. The van der Waals surface area contributed by atoms with E-state index >= 15 is 0 Å². The summed E-state index contributed by atoms with van der Waals surface area (Å²) in [6.45, 7) is 5.95. The van der Waals surface area contributed by atoms with Gasteiger partial charge in [0.1, 0.15) is 5.82 Å². The van der Waals surface area contributed by atoms with Crippen molar-refractivity contribution in [1.82, 2.24) is 10.6 Å². The van der Waals surface area contributed by atoms with Gasteiger partial charge in [0.05, 0.1) is 12.6 Å². The lowest BCUT2D eigenvalue weighted by molar-refractivity contribution is -0.122. The van der Waals surface area contributed by atoms with Crippen LogP contribution in [0, 0.1) is 32.0 Å². The zero-order chi connectivity index (χ0) is 14.4. The van der Waals surface area contributed by atoms with E-state index in [1.54, 1.807) is 32.9 Å². The van der Waals surface area contributed by atoms with Gasteiger partial charge in [0, 0.05) is 6.54 Å². The first-order chi connectivity index (χ1) is 8.95. The molecule has 4 heteroatoms. The van der Waals surface area contributed by atoms with E-state index in [1.165, 1.54) is 0 Å². The van der Waals surface area contributed by atoms with E-state index in [-0.39, 0.29) is 24.3 Å². The zero-order valence-corrected chi connectivity index (χ0v) is 11.5. The number of nitrogens with one attached hydrogen (secondary N) is 2. The lowest BCUT2D eigenvalue weighted by atomic mass is 10.1. The smallest absolute Gasteiger partial charge is 0.237 e. The highest BCUT2D eigenvalue weighted by Gasteiger charge is 2.11. The molecule has 1 unspecified atom stereocenters. The number of hydrogen-bond acceptors (Lipinski definition) is 2. The van der Waals surface area contributed by atoms with E-state index in [0.29, 0.717) is 17.7 Å². The number of benzene rings is 1. The molecule has 0 radical (unpaired) electrons. The second-order valence-electron chi connectivity index (χ2n) is 4.57. The van der Waals surface area contributed by atoms with Crippen LogP contribution in [-0.2, 0) is 11.3 Å². The van der Waals surface area contributed by atoms with Gasteiger partial charge in [0.25, 0.3) is 0 Å². The monoisotopic (exact) mass is 262 g/mol. The maximum Gasteiger partial charge on any atom is 0.237 e. The van der Waals surface area contributed by atoms with Gasteiger partial charge in [-0.25, -0.2) is 4.39 Å². The predicted molar refractivity (Wildman–Crippen MR) is 74.0 cm³/mol. The second-order valence-corrected chi connectivity index (χ2v) is 4.57. The summed E-state index contributed by atoms with van der Waals surface area (Å²) in [6.07, 6.45) is 5.07. The first kappa shape index (κ1) is 15.2. The summed E-state index contributed by atoms with van der Waals surface area (Å²) in [5.41, 5.74) is 2.18. The largest absolute Gasteiger partial charge is 0.344 e. The Kier molecular flexibility index (Phi) is 5.53. The molecule has 1 aromatic carbocycles. The van der Waals surface area contributed by atoms with Crippen LogP contribution in [-0.4, -0.2) is 18.5 Å². The number of carbonyl (C=O) groups excluding carboxylic acids is 1. The van der Waals surface area contributed by atoms with Crippen molar-refractivity contribution < 1.29 is 9.18 Å². The fourth-order valence-corrected chi connectivity index (χ4v) is 1.79. The zero-order valence-electron chi connectivity index (χ0n) is 11.5. The standard InChI is InChI=1S/C15H19FN2O/c1-5-6-17-15(19)12(4)18-9-13-7-10(2)14(16)11(3)8-13/h1,7-8,12,18H,6,9H2,2-4H3,(H,17,19). The van der Waals surface area contributed by atoms with E-state index in [9.17, 15) is 9.18 Å². The van der Waals surface area contributed by atoms with Crippen LogP contribution in [0.4, 0.5) is 4.39 Å². The minimum absolute atomic E-state index is 0.145. The van der Waals surface area contributed by atoms with Crippen molar-refractivity contribution in [3.63, 3.8) is 0 Å². The molecule has 19 heavy (non-hydrogen) atoms. The lowest BCUT2D eigenvalue weighted by Gasteiger charge is -2.14. The summed E-state index contributed by atoms with van der Waals surface area (Å²) in [6, 6.07) is 3.21. The second kappa shape index (κ2) is 6.91. The van der Waals surface area contributed by atoms with Gasteiger partial charge in [-0.1, -0.05) is 18.1 Å². The Morgan fingerprint density at radius 2 is 2.00 bits per heavy atom. The molecule has 1 atom stereocenters. The normalized spacial score (nSPS) is 11.7. The fourth-order valence-electron chi connectivity index (χ4n) is 1.79. The molecule has 0 aliphatic rings. The molecule has 1 rings (SSSR count). The van der Waals surface area contributed by atoms with Gasteiger partial charge < -0.3 is 10.6 Å². The summed E-state index contributed by atoms with van der Waals surface area (Å²) < 4.78 is 13.5. The highest BCUT2D eigenvalue weighted by molar-refractivity contribution is 5.81. The van der Waals surface area contributed by atoms with E-state index < -0.39 is 0 Å². The van der Waals surface area contributed by atoms with Crippen molar-refractivity contribution in [2.24, 2.45) is 0 Å². The molecule has 0 saturated carbocycles. The van der Waals surface area contributed by atoms with Crippen LogP contribution in [0.25, 0.3) is 0 Å². The van der Waals surface area contributed by atoms with Gasteiger partial charge in [0.2, 0.25) is 5.91 Å². The number of rotatable bonds is 5. The van der Waals surface area contributed by atoms with Crippen molar-refractivity contribution in [2.75, 3.05) is 6.54 Å². The molecule has 3 nitrogen and oxygen atoms in total. The Morgan fingerprint density at radius 1 is 1.42 bits per heavy atom. The molecule has 2 N–H and O–H groups in total. The maximum atomic E-state index is 13.5. The molecule has 102 valence electrons. The van der Waals surface area contributed by atoms with Crippen molar-refractivity contribution in [3.05, 3.63) is 34.6 Å². The number of carbonyl (C=O) groups is 1. The van der Waals surface area contributed by atoms with Crippen molar-refractivity contribution in [3.8, 4) is 12.3 Å². The summed E-state index contributed by atoms with van der Waals surface area (Å²) >= 11 is 0. The Labute approximate surface area is 113 Å². The number of hydrogen-bond donors (Lipinski definition) is 2. The third-order valence-electron chi connectivity index (χ3n) is 2.87. The highest BCUT2D eigenvalue weighted by Crippen LogP contribution is 2.14. The summed E-state index contributed by atoms with van der Waals surface area (Å²) in [5, 5.41) is 5.68. The van der Waals surface area contributed by atoms with Crippen LogP contribution in [0.3, 0.4) is 0 Å². The number of terminal acetylenes is 1. The van der Waals surface area contributed by atoms with Crippen molar-refractivity contribution in [1.29, 1.82) is 0 Å². The highest BCUT2D eigenvalue weighted by atomic mass is 19.1. The Balaban J connectivity index is 2.58. The maximum absolute atomic E-state index is 13.5. The molecule has 0 saturated heterocycles. The van der Waals surface area contributed by atoms with Crippen molar-refractivity contribution >= 4 is 5.91 Å². The third kappa shape index (κ3) is 4.38. The number of aryl methyl sites for hydroxylation is 2. The van der Waals surface area contributed by atoms with Gasteiger partial charge in [0.15, 0.2) is 0 Å². The quantitative estimate of drug-likeness (QED) is 0.793. The van der Waals surface area contributed by atoms with Gasteiger partial charge in [-0.3, -0.25) is 4.79 Å². The minimum Gasteiger partial charge on any atom is -0.344 e. The van der Waals surface area contributed by atoms with E-state index in [0.717, 1.165) is 5.56 Å².